The van der Waals surface area contributed by atoms with Crippen LogP contribution in [0.5, 0.6) is 0 Å². The van der Waals surface area contributed by atoms with Gasteiger partial charge in [-0.1, -0.05) is 30.3 Å². The van der Waals surface area contributed by atoms with Crippen molar-refractivity contribution < 1.29 is 9.53 Å². The minimum Gasteiger partial charge on any atom is -0.449 e. The van der Waals surface area contributed by atoms with Crippen LogP contribution in [-0.4, -0.2) is 6.47 Å². The molecule has 0 unspecified atom stereocenters. The van der Waals surface area contributed by atoms with Crippen molar-refractivity contribution in [2.45, 2.75) is 13.0 Å². The van der Waals surface area contributed by atoms with Crippen molar-refractivity contribution >= 4 is 6.47 Å². The molecule has 1 aromatic rings. The largest absolute Gasteiger partial charge is 0.449 e. The van der Waals surface area contributed by atoms with Crippen LogP contribution in [0.1, 0.15) is 18.6 Å². The number of rotatable bonds is 3. The van der Waals surface area contributed by atoms with Crippen LogP contribution < -0.4 is 0 Å². The summed E-state index contributed by atoms with van der Waals surface area (Å²) in [5.41, 5.74) is 0.982. The Labute approximate surface area is 65.8 Å². The minimum atomic E-state index is -0.200. The van der Waals surface area contributed by atoms with Gasteiger partial charge in [0, 0.05) is 0 Å². The summed E-state index contributed by atoms with van der Waals surface area (Å²) in [6, 6.07) is 9.53. The third-order valence-electron chi connectivity index (χ3n) is 1.49. The molecular weight excluding hydrogens is 140 g/mol. The van der Waals surface area contributed by atoms with Crippen molar-refractivity contribution in [2.24, 2.45) is 0 Å². The molecule has 0 aliphatic rings. The van der Waals surface area contributed by atoms with Crippen LogP contribution in [0.3, 0.4) is 0 Å². The number of carbonyl (C=O) groups excluding carboxylic acids is 1. The number of benzene rings is 1. The van der Waals surface area contributed by atoms with Crippen LogP contribution in [0.4, 0.5) is 0 Å². The van der Waals surface area contributed by atoms with Gasteiger partial charge in [0.1, 0.15) is 6.10 Å². The van der Waals surface area contributed by atoms with E-state index in [0.717, 1.165) is 5.56 Å². The topological polar surface area (TPSA) is 26.3 Å². The molecule has 11 heavy (non-hydrogen) atoms. The van der Waals surface area contributed by atoms with E-state index in [1.807, 2.05) is 30.3 Å². The average molecular weight is 149 g/mol. The highest BCUT2D eigenvalue weighted by Crippen LogP contribution is 2.13. The lowest BCUT2D eigenvalue weighted by atomic mass is 10.1. The minimum absolute atomic E-state index is 0.200. The van der Waals surface area contributed by atoms with Gasteiger partial charge in [-0.15, -0.1) is 0 Å². The third-order valence-corrected chi connectivity index (χ3v) is 1.49. The van der Waals surface area contributed by atoms with Crippen LogP contribution >= 0.6 is 0 Å². The molecular formula is C9H9O2. The number of hydrogen-bond donors (Lipinski definition) is 0. The van der Waals surface area contributed by atoms with Crippen molar-refractivity contribution in [3.63, 3.8) is 0 Å². The van der Waals surface area contributed by atoms with Crippen molar-refractivity contribution in [2.75, 3.05) is 0 Å². The van der Waals surface area contributed by atoms with Gasteiger partial charge in [0.05, 0.1) is 0 Å². The van der Waals surface area contributed by atoms with Gasteiger partial charge >= 0.3 is 6.47 Å². The summed E-state index contributed by atoms with van der Waals surface area (Å²) in [5.74, 6) is 0. The molecule has 1 rings (SSSR count). The molecule has 1 atom stereocenters. The average Bonchev–Trinajstić information content (AvgIpc) is 2.07. The lowest BCUT2D eigenvalue weighted by Crippen LogP contribution is -1.96. The molecule has 0 bridgehead atoms. The smallest absolute Gasteiger partial charge is 0.418 e. The molecule has 0 aromatic heterocycles. The Morgan fingerprint density at radius 2 is 2.00 bits per heavy atom. The second-order valence-electron chi connectivity index (χ2n) is 2.25. The van der Waals surface area contributed by atoms with E-state index < -0.39 is 0 Å². The van der Waals surface area contributed by atoms with Gasteiger partial charge in [0.15, 0.2) is 0 Å². The lowest BCUT2D eigenvalue weighted by molar-refractivity contribution is 0.198. The zero-order chi connectivity index (χ0) is 8.10. The first-order chi connectivity index (χ1) is 5.34. The van der Waals surface area contributed by atoms with Crippen LogP contribution in [0.2, 0.25) is 0 Å². The second kappa shape index (κ2) is 3.76. The van der Waals surface area contributed by atoms with Gasteiger partial charge in [-0.3, -0.25) is 0 Å². The molecule has 2 heteroatoms. The summed E-state index contributed by atoms with van der Waals surface area (Å²) in [4.78, 5) is 9.84. The maximum atomic E-state index is 9.84. The van der Waals surface area contributed by atoms with Gasteiger partial charge in [-0.05, 0) is 12.5 Å². The van der Waals surface area contributed by atoms with E-state index in [2.05, 4.69) is 4.74 Å². The first-order valence-corrected chi connectivity index (χ1v) is 3.42. The third kappa shape index (κ3) is 2.08. The molecule has 0 N–H and O–H groups in total. The molecule has 57 valence electrons. The molecule has 0 amide bonds. The van der Waals surface area contributed by atoms with E-state index in [0.29, 0.717) is 0 Å². The molecule has 0 aliphatic carbocycles. The highest BCUT2D eigenvalue weighted by atomic mass is 16.5. The summed E-state index contributed by atoms with van der Waals surface area (Å²) in [6.45, 7) is 3.22. The Morgan fingerprint density at radius 3 is 2.55 bits per heavy atom. The van der Waals surface area contributed by atoms with Gasteiger partial charge in [0.25, 0.3) is 0 Å². The molecule has 0 fully saturated rings. The summed E-state index contributed by atoms with van der Waals surface area (Å²) in [6.07, 6.45) is -0.200. The van der Waals surface area contributed by atoms with E-state index in [-0.39, 0.29) is 6.10 Å². The quantitative estimate of drug-likeness (QED) is 0.655. The zero-order valence-corrected chi connectivity index (χ0v) is 6.28. The maximum absolute atomic E-state index is 9.84. The van der Waals surface area contributed by atoms with Crippen molar-refractivity contribution in [3.05, 3.63) is 35.9 Å². The van der Waals surface area contributed by atoms with Crippen molar-refractivity contribution in [3.8, 4) is 0 Å². The van der Waals surface area contributed by atoms with E-state index in [4.69, 9.17) is 0 Å². The van der Waals surface area contributed by atoms with Crippen LogP contribution in [0, 0.1) is 0 Å². The fraction of sp³-hybridized carbons (Fsp3) is 0.222. The van der Waals surface area contributed by atoms with Crippen LogP contribution in [0.15, 0.2) is 30.3 Å². The Hall–Kier alpha value is -1.31. The maximum Gasteiger partial charge on any atom is 0.418 e. The molecule has 0 aliphatic heterocycles. The zero-order valence-electron chi connectivity index (χ0n) is 6.28. The normalized spacial score (nSPS) is 12.1. The fourth-order valence-corrected chi connectivity index (χ4v) is 0.864. The van der Waals surface area contributed by atoms with Crippen molar-refractivity contribution in [1.29, 1.82) is 0 Å². The van der Waals surface area contributed by atoms with Crippen LogP contribution in [0.25, 0.3) is 0 Å². The number of ether oxygens (including phenoxy) is 1. The first-order valence-electron chi connectivity index (χ1n) is 3.42. The molecule has 1 radical (unpaired) electrons. The van der Waals surface area contributed by atoms with Gasteiger partial charge in [0.2, 0.25) is 0 Å². The molecule has 0 heterocycles. The second-order valence-corrected chi connectivity index (χ2v) is 2.25. The fourth-order valence-electron chi connectivity index (χ4n) is 0.864. The monoisotopic (exact) mass is 149 g/mol. The lowest BCUT2D eigenvalue weighted by Gasteiger charge is -2.07. The van der Waals surface area contributed by atoms with Crippen LogP contribution in [-0.2, 0) is 9.53 Å². The highest BCUT2D eigenvalue weighted by molar-refractivity contribution is 5.39. The predicted molar refractivity (Wildman–Crippen MR) is 41.6 cm³/mol. The van der Waals surface area contributed by atoms with E-state index >= 15 is 0 Å². The molecule has 0 saturated heterocycles. The van der Waals surface area contributed by atoms with Crippen molar-refractivity contribution in [1.82, 2.24) is 0 Å². The summed E-state index contributed by atoms with van der Waals surface area (Å²) >= 11 is 0. The van der Waals surface area contributed by atoms with Gasteiger partial charge in [-0.2, -0.15) is 0 Å². The Bertz CT molecular complexity index is 218. The van der Waals surface area contributed by atoms with Gasteiger partial charge in [-0.25, -0.2) is 4.79 Å². The van der Waals surface area contributed by atoms with E-state index in [1.54, 1.807) is 6.92 Å². The molecule has 2 nitrogen and oxygen atoms in total. The Balaban J connectivity index is 2.68. The summed E-state index contributed by atoms with van der Waals surface area (Å²) in [7, 11) is 0. The predicted octanol–water partition coefficient (Wildman–Crippen LogP) is 1.83. The molecule has 1 aromatic carbocycles. The Morgan fingerprint density at radius 1 is 1.36 bits per heavy atom. The standard InChI is InChI=1S/C9H9O2/c1-8(11-7-10)9-5-3-2-4-6-9/h2-6,8H,1H3/t8-/m0/s1. The number of hydrogen-bond acceptors (Lipinski definition) is 2. The first kappa shape index (κ1) is 7.79. The summed E-state index contributed by atoms with van der Waals surface area (Å²) in [5, 5.41) is 0. The molecule has 0 saturated carbocycles. The summed E-state index contributed by atoms with van der Waals surface area (Å²) < 4.78 is 4.62. The Kier molecular flexibility index (Phi) is 2.66. The highest BCUT2D eigenvalue weighted by Gasteiger charge is 2.02. The SMILES string of the molecule is C[C@H](O[C]=O)c1ccccc1. The van der Waals surface area contributed by atoms with E-state index in [9.17, 15) is 4.79 Å². The van der Waals surface area contributed by atoms with E-state index in [1.165, 1.54) is 6.47 Å². The molecule has 0 spiro atoms. The van der Waals surface area contributed by atoms with Gasteiger partial charge < -0.3 is 4.74 Å².